The topological polar surface area (TPSA) is 95.9 Å². The third-order valence-electron chi connectivity index (χ3n) is 2.62. The molecule has 0 heterocycles. The van der Waals surface area contributed by atoms with Crippen molar-refractivity contribution >= 4 is 11.9 Å². The largest absolute Gasteiger partial charge is 0.497 e. The van der Waals surface area contributed by atoms with E-state index in [1.54, 1.807) is 19.2 Å². The zero-order chi connectivity index (χ0) is 14.3. The van der Waals surface area contributed by atoms with Gasteiger partial charge in [0, 0.05) is 6.42 Å². The molecule has 3 N–H and O–H groups in total. The number of carboxylic acids is 1. The molecule has 6 nitrogen and oxygen atoms in total. The van der Waals surface area contributed by atoms with E-state index in [-0.39, 0.29) is 6.42 Å². The number of benzene rings is 1. The Morgan fingerprint density at radius 3 is 2.42 bits per heavy atom. The Kier molecular flexibility index (Phi) is 5.81. The number of rotatable bonds is 7. The first-order chi connectivity index (χ1) is 9.06. The molecule has 1 rings (SSSR count). The number of aliphatic carboxylic acids is 1. The summed E-state index contributed by atoms with van der Waals surface area (Å²) in [7, 11) is 1.57. The van der Waals surface area contributed by atoms with E-state index < -0.39 is 24.5 Å². The van der Waals surface area contributed by atoms with Crippen LogP contribution in [-0.2, 0) is 16.0 Å². The van der Waals surface area contributed by atoms with E-state index >= 15 is 0 Å². The molecule has 0 aliphatic rings. The lowest BCUT2D eigenvalue weighted by atomic mass is 10.1. The van der Waals surface area contributed by atoms with Crippen molar-refractivity contribution in [3.05, 3.63) is 29.8 Å². The highest BCUT2D eigenvalue weighted by molar-refractivity contribution is 5.83. The van der Waals surface area contributed by atoms with Gasteiger partial charge in [0.05, 0.1) is 13.7 Å². The monoisotopic (exact) mass is 267 g/mol. The van der Waals surface area contributed by atoms with Crippen LogP contribution in [0.25, 0.3) is 0 Å². The lowest BCUT2D eigenvalue weighted by molar-refractivity contribution is -0.142. The molecule has 19 heavy (non-hydrogen) atoms. The van der Waals surface area contributed by atoms with Gasteiger partial charge in [-0.15, -0.1) is 0 Å². The van der Waals surface area contributed by atoms with Gasteiger partial charge in [0.1, 0.15) is 11.8 Å². The molecule has 6 heteroatoms. The third-order valence-corrected chi connectivity index (χ3v) is 2.62. The van der Waals surface area contributed by atoms with Crippen molar-refractivity contribution in [2.45, 2.75) is 18.9 Å². The molecule has 1 aromatic carbocycles. The molecule has 0 aliphatic carbocycles. The number of methoxy groups -OCH3 is 1. The first-order valence-corrected chi connectivity index (χ1v) is 5.82. The lowest BCUT2D eigenvalue weighted by Gasteiger charge is -2.11. The Hall–Kier alpha value is -2.08. The van der Waals surface area contributed by atoms with Gasteiger partial charge in [-0.3, -0.25) is 4.79 Å². The summed E-state index contributed by atoms with van der Waals surface area (Å²) in [4.78, 5) is 22.1. The van der Waals surface area contributed by atoms with E-state index in [2.05, 4.69) is 5.32 Å². The van der Waals surface area contributed by atoms with Crippen molar-refractivity contribution in [3.63, 3.8) is 0 Å². The highest BCUT2D eigenvalue weighted by Crippen LogP contribution is 2.12. The van der Waals surface area contributed by atoms with Crippen molar-refractivity contribution < 1.29 is 24.5 Å². The van der Waals surface area contributed by atoms with Crippen LogP contribution in [0.15, 0.2) is 24.3 Å². The fourth-order valence-electron chi connectivity index (χ4n) is 1.50. The molecule has 0 saturated heterocycles. The van der Waals surface area contributed by atoms with Gasteiger partial charge in [0.2, 0.25) is 5.91 Å². The van der Waals surface area contributed by atoms with Gasteiger partial charge in [-0.2, -0.15) is 0 Å². The number of aliphatic hydroxyl groups is 1. The van der Waals surface area contributed by atoms with E-state index in [1.807, 2.05) is 12.1 Å². The van der Waals surface area contributed by atoms with Crippen LogP contribution in [0.2, 0.25) is 0 Å². The van der Waals surface area contributed by atoms with Gasteiger partial charge in [0.25, 0.3) is 0 Å². The summed E-state index contributed by atoms with van der Waals surface area (Å²) in [6.07, 6.45) is 0.656. The minimum atomic E-state index is -1.25. The van der Waals surface area contributed by atoms with E-state index in [9.17, 15) is 9.59 Å². The van der Waals surface area contributed by atoms with Gasteiger partial charge in [-0.25, -0.2) is 4.79 Å². The normalized spacial score (nSPS) is 11.7. The second-order valence-corrected chi connectivity index (χ2v) is 3.99. The summed E-state index contributed by atoms with van der Waals surface area (Å²) in [5.41, 5.74) is 0.951. The predicted molar refractivity (Wildman–Crippen MR) is 68.0 cm³/mol. The molecule has 104 valence electrons. The number of carboxylic acid groups (broad SMARTS) is 1. The molecule has 0 unspecified atom stereocenters. The van der Waals surface area contributed by atoms with Crippen molar-refractivity contribution in [1.82, 2.24) is 5.32 Å². The maximum atomic E-state index is 11.5. The highest BCUT2D eigenvalue weighted by Gasteiger charge is 2.18. The molecular weight excluding hydrogens is 250 g/mol. The molecule has 0 aliphatic heterocycles. The lowest BCUT2D eigenvalue weighted by Crippen LogP contribution is -2.43. The molecular formula is C13H17NO5. The summed E-state index contributed by atoms with van der Waals surface area (Å²) in [5, 5.41) is 19.7. The molecule has 1 amide bonds. The number of amides is 1. The first-order valence-electron chi connectivity index (χ1n) is 5.82. The molecule has 0 saturated carbocycles. The Labute approximate surface area is 111 Å². The van der Waals surface area contributed by atoms with Gasteiger partial charge >= 0.3 is 5.97 Å². The number of carbonyl (C=O) groups excluding carboxylic acids is 1. The van der Waals surface area contributed by atoms with Gasteiger partial charge < -0.3 is 20.3 Å². The zero-order valence-electron chi connectivity index (χ0n) is 10.6. The fourth-order valence-corrected chi connectivity index (χ4v) is 1.50. The van der Waals surface area contributed by atoms with E-state index in [0.29, 0.717) is 6.42 Å². The average Bonchev–Trinajstić information content (AvgIpc) is 2.42. The Balaban J connectivity index is 2.42. The summed E-state index contributed by atoms with van der Waals surface area (Å²) in [5.74, 6) is -0.919. The van der Waals surface area contributed by atoms with Crippen LogP contribution in [0.5, 0.6) is 5.75 Å². The molecule has 0 fully saturated rings. The van der Waals surface area contributed by atoms with Crippen LogP contribution in [-0.4, -0.2) is 41.8 Å². The number of carbonyl (C=O) groups is 2. The first kappa shape index (κ1) is 15.0. The fraction of sp³-hybridized carbons (Fsp3) is 0.385. The van der Waals surface area contributed by atoms with Crippen LogP contribution in [0.1, 0.15) is 12.0 Å². The number of nitrogens with one attached hydrogen (secondary N) is 1. The molecule has 1 aromatic rings. The molecule has 0 bridgehead atoms. The quantitative estimate of drug-likeness (QED) is 0.655. The summed E-state index contributed by atoms with van der Waals surface area (Å²) in [6.45, 7) is -0.621. The Bertz CT molecular complexity index is 429. The highest BCUT2D eigenvalue weighted by atomic mass is 16.5. The maximum absolute atomic E-state index is 11.5. The van der Waals surface area contributed by atoms with E-state index in [4.69, 9.17) is 14.9 Å². The molecule has 0 radical (unpaired) electrons. The second kappa shape index (κ2) is 7.38. The Morgan fingerprint density at radius 1 is 1.32 bits per heavy atom. The molecule has 0 aromatic heterocycles. The minimum Gasteiger partial charge on any atom is -0.497 e. The van der Waals surface area contributed by atoms with Gasteiger partial charge in [0.15, 0.2) is 0 Å². The van der Waals surface area contributed by atoms with Crippen molar-refractivity contribution in [2.24, 2.45) is 0 Å². The van der Waals surface area contributed by atoms with Crippen molar-refractivity contribution in [3.8, 4) is 5.75 Å². The SMILES string of the molecule is COc1ccc(CCC(=O)N[C@@H](CO)C(=O)O)cc1. The van der Waals surface area contributed by atoms with Crippen molar-refractivity contribution in [1.29, 1.82) is 0 Å². The number of ether oxygens (including phenoxy) is 1. The average molecular weight is 267 g/mol. The van der Waals surface area contributed by atoms with Crippen LogP contribution in [0, 0.1) is 0 Å². The van der Waals surface area contributed by atoms with Crippen LogP contribution >= 0.6 is 0 Å². The van der Waals surface area contributed by atoms with E-state index in [0.717, 1.165) is 11.3 Å². The van der Waals surface area contributed by atoms with Crippen LogP contribution < -0.4 is 10.1 Å². The third kappa shape index (κ3) is 4.97. The molecule has 1 atom stereocenters. The number of hydrogen-bond donors (Lipinski definition) is 3. The summed E-state index contributed by atoms with van der Waals surface area (Å²) >= 11 is 0. The summed E-state index contributed by atoms with van der Waals surface area (Å²) in [6, 6.07) is 6.02. The maximum Gasteiger partial charge on any atom is 0.328 e. The van der Waals surface area contributed by atoms with Crippen LogP contribution in [0.3, 0.4) is 0 Å². The smallest absolute Gasteiger partial charge is 0.328 e. The summed E-state index contributed by atoms with van der Waals surface area (Å²) < 4.78 is 5.02. The predicted octanol–water partition coefficient (Wildman–Crippen LogP) is 0.189. The van der Waals surface area contributed by atoms with Crippen molar-refractivity contribution in [2.75, 3.05) is 13.7 Å². The zero-order valence-corrected chi connectivity index (χ0v) is 10.6. The molecule has 0 spiro atoms. The minimum absolute atomic E-state index is 0.163. The van der Waals surface area contributed by atoms with Crippen LogP contribution in [0.4, 0.5) is 0 Å². The Morgan fingerprint density at radius 2 is 1.95 bits per heavy atom. The number of aliphatic hydroxyl groups excluding tert-OH is 1. The standard InChI is InChI=1S/C13H17NO5/c1-19-10-5-2-9(3-6-10)4-7-12(16)14-11(8-15)13(17)18/h2-3,5-6,11,15H,4,7-8H2,1H3,(H,14,16)(H,17,18)/t11-/m0/s1. The van der Waals surface area contributed by atoms with Gasteiger partial charge in [-0.05, 0) is 24.1 Å². The van der Waals surface area contributed by atoms with Gasteiger partial charge in [-0.1, -0.05) is 12.1 Å². The number of hydrogen-bond acceptors (Lipinski definition) is 4. The number of aryl methyl sites for hydroxylation is 1. The second-order valence-electron chi connectivity index (χ2n) is 3.99. The van der Waals surface area contributed by atoms with E-state index in [1.165, 1.54) is 0 Å².